The molecule has 1 saturated heterocycles. The van der Waals surface area contributed by atoms with Crippen LogP contribution in [0.15, 0.2) is 89.9 Å². The fourth-order valence-electron chi connectivity index (χ4n) is 6.98. The largest absolute Gasteiger partial charge is 0.497 e. The monoisotopic (exact) mass is 785 g/mol. The Bertz CT molecular complexity index is 1860. The summed E-state index contributed by atoms with van der Waals surface area (Å²) in [5, 5.41) is 12.7. The predicted octanol–water partition coefficient (Wildman–Crippen LogP) is 8.35. The second-order valence-corrected chi connectivity index (χ2v) is 15.7. The summed E-state index contributed by atoms with van der Waals surface area (Å²) in [7, 11) is 1.67. The Hall–Kier alpha value is -4.34. The van der Waals surface area contributed by atoms with Crippen molar-refractivity contribution in [3.05, 3.63) is 118 Å². The number of nitrogens with one attached hydrogen (secondary N) is 1. The normalized spacial score (nSPS) is 17.6. The second kappa shape index (κ2) is 20.2. The van der Waals surface area contributed by atoms with Gasteiger partial charge in [0.1, 0.15) is 29.4 Å². The number of aryl methyl sites for hydroxylation is 1. The summed E-state index contributed by atoms with van der Waals surface area (Å²) in [5.74, 6) is 1.88. The number of nitriles is 1. The van der Waals surface area contributed by atoms with Crippen LogP contribution < -0.4 is 20.3 Å². The molecule has 0 saturated carbocycles. The first-order valence-electron chi connectivity index (χ1n) is 19.3. The van der Waals surface area contributed by atoms with Gasteiger partial charge in [-0.2, -0.15) is 10.2 Å². The zero-order chi connectivity index (χ0) is 40.2. The molecule has 300 valence electrons. The quantitative estimate of drug-likeness (QED) is 0.0527. The van der Waals surface area contributed by atoms with Gasteiger partial charge in [-0.3, -0.25) is 9.36 Å². The van der Waals surface area contributed by atoms with E-state index in [0.29, 0.717) is 24.5 Å². The minimum absolute atomic E-state index is 0.0996. The molecule has 4 atom stereocenters. The Labute approximate surface area is 332 Å². The molecule has 4 aromatic rings. The van der Waals surface area contributed by atoms with E-state index in [9.17, 15) is 10.1 Å². The molecule has 1 aliphatic heterocycles. The third-order valence-electron chi connectivity index (χ3n) is 9.67. The van der Waals surface area contributed by atoms with Crippen LogP contribution in [0.4, 0.5) is 5.95 Å². The maximum atomic E-state index is 12.8. The van der Waals surface area contributed by atoms with Crippen molar-refractivity contribution < 1.29 is 28.0 Å². The summed E-state index contributed by atoms with van der Waals surface area (Å²) >= 11 is 0. The van der Waals surface area contributed by atoms with Gasteiger partial charge >= 0.3 is 0 Å². The van der Waals surface area contributed by atoms with Gasteiger partial charge in [0.15, 0.2) is 0 Å². The van der Waals surface area contributed by atoms with Gasteiger partial charge in [-0.05, 0) is 82.0 Å². The van der Waals surface area contributed by atoms with Crippen LogP contribution in [-0.2, 0) is 24.1 Å². The number of benzene rings is 3. The zero-order valence-electron chi connectivity index (χ0n) is 33.8. The van der Waals surface area contributed by atoms with Gasteiger partial charge in [0.05, 0.1) is 46.0 Å². The molecule has 1 aromatic heterocycles. The van der Waals surface area contributed by atoms with E-state index in [4.69, 9.17) is 28.0 Å². The molecular formula is C43H56N5O7P. The highest BCUT2D eigenvalue weighted by Crippen LogP contribution is 2.51. The molecule has 1 N–H and O–H groups in total. The van der Waals surface area contributed by atoms with Gasteiger partial charge < -0.3 is 33.3 Å². The van der Waals surface area contributed by atoms with Crippen LogP contribution >= 0.6 is 8.53 Å². The number of aromatic nitrogens is 2. The Kier molecular flexibility index (Phi) is 15.4. The molecule has 1 fully saturated rings. The van der Waals surface area contributed by atoms with E-state index in [-0.39, 0.29) is 37.3 Å². The summed E-state index contributed by atoms with van der Waals surface area (Å²) < 4.78 is 42.9. The minimum atomic E-state index is -1.62. The van der Waals surface area contributed by atoms with Crippen molar-refractivity contribution in [1.29, 1.82) is 5.26 Å². The summed E-state index contributed by atoms with van der Waals surface area (Å²) in [5.41, 5.74) is 1.81. The number of rotatable bonds is 20. The highest BCUT2D eigenvalue weighted by Gasteiger charge is 2.45. The molecule has 2 heterocycles. The molecule has 0 bridgehead atoms. The molecule has 0 amide bonds. The van der Waals surface area contributed by atoms with Crippen molar-refractivity contribution in [2.24, 2.45) is 0 Å². The fourth-order valence-corrected chi connectivity index (χ4v) is 8.74. The lowest BCUT2D eigenvalue weighted by atomic mass is 9.80. The molecular weight excluding hydrogens is 729 g/mol. The number of nitrogens with zero attached hydrogens (tertiary/aromatic N) is 4. The second-order valence-electron chi connectivity index (χ2n) is 14.3. The van der Waals surface area contributed by atoms with Gasteiger partial charge in [-0.15, -0.1) is 0 Å². The number of ether oxygens (including phenoxy) is 4. The van der Waals surface area contributed by atoms with Crippen LogP contribution in [0.2, 0.25) is 0 Å². The topological polar surface area (TPSA) is 129 Å². The Morgan fingerprint density at radius 1 is 0.964 bits per heavy atom. The smallest absolute Gasteiger partial charge is 0.277 e. The van der Waals surface area contributed by atoms with E-state index in [1.807, 2.05) is 71.3 Å². The molecule has 0 radical (unpaired) electrons. The number of methoxy groups -OCH3 is 2. The predicted molar refractivity (Wildman–Crippen MR) is 219 cm³/mol. The van der Waals surface area contributed by atoms with Crippen molar-refractivity contribution in [3.63, 3.8) is 0 Å². The average molecular weight is 786 g/mol. The standard InChI is InChI=1S/C43H56N5O7P/c1-9-25-45-42-46-41(49)32(6)28-47(42)40-27-38(55-56(53-26-13-24-44)48(30(2)3)31(4)5)39(54-40)29-52-43(33-14-11-10-12-15-33,34-16-20-36(50-7)21-17-34)35-18-22-37(51-8)23-19-35/h10-12,14-23,28,30-31,38-40H,9,13,25-27,29H2,1-8H3,(H,45,46,49)/t38-,39+,40+,56?/m0/s1. The van der Waals surface area contributed by atoms with E-state index in [1.165, 1.54) is 0 Å². The molecule has 5 rings (SSSR count). The van der Waals surface area contributed by atoms with Crippen LogP contribution in [0, 0.1) is 18.3 Å². The highest BCUT2D eigenvalue weighted by atomic mass is 31.2. The fraction of sp³-hybridized carbons (Fsp3) is 0.465. The van der Waals surface area contributed by atoms with E-state index in [1.54, 1.807) is 27.3 Å². The third kappa shape index (κ3) is 9.96. The van der Waals surface area contributed by atoms with Crippen LogP contribution in [0.25, 0.3) is 0 Å². The molecule has 12 nitrogen and oxygen atoms in total. The first-order valence-corrected chi connectivity index (χ1v) is 20.4. The van der Waals surface area contributed by atoms with Crippen molar-refractivity contribution in [3.8, 4) is 17.6 Å². The molecule has 0 spiro atoms. The van der Waals surface area contributed by atoms with Gasteiger partial charge in [0.25, 0.3) is 14.1 Å². The van der Waals surface area contributed by atoms with Crippen molar-refractivity contribution >= 4 is 14.5 Å². The zero-order valence-corrected chi connectivity index (χ0v) is 34.7. The maximum Gasteiger partial charge on any atom is 0.277 e. The van der Waals surface area contributed by atoms with Crippen molar-refractivity contribution in [2.75, 3.05) is 39.3 Å². The van der Waals surface area contributed by atoms with Crippen LogP contribution in [0.5, 0.6) is 11.5 Å². The Morgan fingerprint density at radius 2 is 1.55 bits per heavy atom. The summed E-state index contributed by atoms with van der Waals surface area (Å²) in [6.45, 7) is 13.2. The lowest BCUT2D eigenvalue weighted by Crippen LogP contribution is -2.39. The van der Waals surface area contributed by atoms with E-state index in [0.717, 1.165) is 34.6 Å². The molecule has 1 unspecified atom stereocenters. The molecule has 0 aliphatic carbocycles. The lowest BCUT2D eigenvalue weighted by molar-refractivity contribution is -0.0916. The summed E-state index contributed by atoms with van der Waals surface area (Å²) in [6.07, 6.45) is 1.65. The Balaban J connectivity index is 1.62. The van der Waals surface area contributed by atoms with Gasteiger partial charge in [0.2, 0.25) is 5.95 Å². The first-order chi connectivity index (χ1) is 27.1. The van der Waals surface area contributed by atoms with E-state index >= 15 is 0 Å². The molecule has 13 heteroatoms. The van der Waals surface area contributed by atoms with Crippen LogP contribution in [-0.4, -0.2) is 72.5 Å². The first kappa shape index (κ1) is 42.8. The lowest BCUT2D eigenvalue weighted by Gasteiger charge is -2.39. The average Bonchev–Trinajstić information content (AvgIpc) is 3.61. The van der Waals surface area contributed by atoms with Crippen molar-refractivity contribution in [2.45, 2.75) is 96.9 Å². The molecule has 1 aliphatic rings. The van der Waals surface area contributed by atoms with Crippen molar-refractivity contribution in [1.82, 2.24) is 14.2 Å². The van der Waals surface area contributed by atoms with E-state index < -0.39 is 32.6 Å². The van der Waals surface area contributed by atoms with Gasteiger partial charge in [0, 0.05) is 36.8 Å². The number of hydrogen-bond acceptors (Lipinski definition) is 11. The summed E-state index contributed by atoms with van der Waals surface area (Å²) in [4.78, 5) is 17.1. The minimum Gasteiger partial charge on any atom is -0.497 e. The van der Waals surface area contributed by atoms with Gasteiger partial charge in [-0.25, -0.2) is 4.67 Å². The number of anilines is 1. The third-order valence-corrected chi connectivity index (χ3v) is 11.8. The van der Waals surface area contributed by atoms with Gasteiger partial charge in [-0.1, -0.05) is 61.5 Å². The SMILES string of the molecule is CCCNc1nc(=O)c(C)cn1[C@H]1C[C@H](OP(OCCC#N)N(C(C)C)C(C)C)[C@@H](COC(c2ccccc2)(c2ccc(OC)cc2)c2ccc(OC)cc2)O1. The highest BCUT2D eigenvalue weighted by molar-refractivity contribution is 7.44. The molecule has 56 heavy (non-hydrogen) atoms. The van der Waals surface area contributed by atoms with Crippen LogP contribution in [0.1, 0.15) is 82.4 Å². The van der Waals surface area contributed by atoms with Crippen LogP contribution in [0.3, 0.4) is 0 Å². The Morgan fingerprint density at radius 3 is 2.09 bits per heavy atom. The molecule has 3 aromatic carbocycles. The van der Waals surface area contributed by atoms with E-state index in [2.05, 4.69) is 67.8 Å². The maximum absolute atomic E-state index is 12.8. The summed E-state index contributed by atoms with van der Waals surface area (Å²) in [6, 6.07) is 28.3. The number of hydrogen-bond donors (Lipinski definition) is 1.